The second kappa shape index (κ2) is 8.06. The number of nitrogens with two attached hydrogens (primary N) is 1. The van der Waals surface area contributed by atoms with Crippen molar-refractivity contribution in [2.45, 2.75) is 26.4 Å². The van der Waals surface area contributed by atoms with Crippen LogP contribution in [-0.4, -0.2) is 32.3 Å². The highest BCUT2D eigenvalue weighted by atomic mass is 19.1. The zero-order valence-electron chi connectivity index (χ0n) is 11.2. The standard InChI is InChI=1S/C14H23FN2O/c1-3-17(9-8-14(11-16)18-4-2)13-7-5-6-12(15)10-13/h5-7,10,14H,3-4,8-9,11,16H2,1-2H3. The first-order chi connectivity index (χ1) is 8.71. The van der Waals surface area contributed by atoms with Crippen LogP contribution in [0, 0.1) is 5.82 Å². The van der Waals surface area contributed by atoms with Gasteiger partial charge in [-0.15, -0.1) is 0 Å². The van der Waals surface area contributed by atoms with Crippen molar-refractivity contribution in [3.05, 3.63) is 30.1 Å². The van der Waals surface area contributed by atoms with Crippen LogP contribution in [0.2, 0.25) is 0 Å². The number of hydrogen-bond acceptors (Lipinski definition) is 3. The molecule has 0 saturated heterocycles. The third kappa shape index (κ3) is 4.63. The molecule has 0 aliphatic heterocycles. The summed E-state index contributed by atoms with van der Waals surface area (Å²) in [7, 11) is 0. The molecule has 0 radical (unpaired) electrons. The van der Waals surface area contributed by atoms with Crippen molar-refractivity contribution < 1.29 is 9.13 Å². The molecule has 0 heterocycles. The topological polar surface area (TPSA) is 38.5 Å². The summed E-state index contributed by atoms with van der Waals surface area (Å²) >= 11 is 0. The molecule has 0 amide bonds. The quantitative estimate of drug-likeness (QED) is 0.774. The number of benzene rings is 1. The Hall–Kier alpha value is -1.13. The minimum Gasteiger partial charge on any atom is -0.377 e. The lowest BCUT2D eigenvalue weighted by Crippen LogP contribution is -2.31. The van der Waals surface area contributed by atoms with E-state index < -0.39 is 0 Å². The van der Waals surface area contributed by atoms with Gasteiger partial charge in [-0.1, -0.05) is 6.07 Å². The number of halogens is 1. The van der Waals surface area contributed by atoms with Gasteiger partial charge >= 0.3 is 0 Å². The first kappa shape index (κ1) is 14.9. The molecule has 102 valence electrons. The molecule has 0 aliphatic rings. The summed E-state index contributed by atoms with van der Waals surface area (Å²) in [6, 6.07) is 6.67. The number of rotatable bonds is 8. The van der Waals surface area contributed by atoms with E-state index in [9.17, 15) is 4.39 Å². The summed E-state index contributed by atoms with van der Waals surface area (Å²) in [5.74, 6) is -0.203. The van der Waals surface area contributed by atoms with E-state index in [1.807, 2.05) is 13.0 Å². The summed E-state index contributed by atoms with van der Waals surface area (Å²) in [6.45, 7) is 6.88. The molecule has 0 aromatic heterocycles. The molecule has 4 heteroatoms. The highest BCUT2D eigenvalue weighted by molar-refractivity contribution is 5.46. The smallest absolute Gasteiger partial charge is 0.125 e. The van der Waals surface area contributed by atoms with Gasteiger partial charge in [-0.2, -0.15) is 0 Å². The maximum Gasteiger partial charge on any atom is 0.125 e. The lowest BCUT2D eigenvalue weighted by Gasteiger charge is -2.25. The summed E-state index contributed by atoms with van der Waals surface area (Å²) in [4.78, 5) is 2.13. The third-order valence-corrected chi connectivity index (χ3v) is 2.94. The van der Waals surface area contributed by atoms with Gasteiger partial charge in [0.1, 0.15) is 5.82 Å². The van der Waals surface area contributed by atoms with Crippen molar-refractivity contribution in [2.75, 3.05) is 31.1 Å². The van der Waals surface area contributed by atoms with Gasteiger partial charge in [-0.25, -0.2) is 4.39 Å². The van der Waals surface area contributed by atoms with Crippen LogP contribution >= 0.6 is 0 Å². The summed E-state index contributed by atoms with van der Waals surface area (Å²) < 4.78 is 18.7. The fourth-order valence-electron chi connectivity index (χ4n) is 1.95. The van der Waals surface area contributed by atoms with Crippen LogP contribution in [0.3, 0.4) is 0 Å². The van der Waals surface area contributed by atoms with Crippen LogP contribution in [-0.2, 0) is 4.74 Å². The average Bonchev–Trinajstić information content (AvgIpc) is 2.38. The van der Waals surface area contributed by atoms with E-state index >= 15 is 0 Å². The van der Waals surface area contributed by atoms with E-state index in [2.05, 4.69) is 11.8 Å². The first-order valence-corrected chi connectivity index (χ1v) is 6.53. The molecule has 1 unspecified atom stereocenters. The lowest BCUT2D eigenvalue weighted by atomic mass is 10.2. The largest absolute Gasteiger partial charge is 0.377 e. The lowest BCUT2D eigenvalue weighted by molar-refractivity contribution is 0.0644. The molecule has 0 spiro atoms. The number of hydrogen-bond donors (Lipinski definition) is 1. The van der Waals surface area contributed by atoms with Crippen molar-refractivity contribution in [2.24, 2.45) is 5.73 Å². The number of nitrogens with zero attached hydrogens (tertiary/aromatic N) is 1. The number of anilines is 1. The molecule has 0 bridgehead atoms. The Kier molecular flexibility index (Phi) is 6.68. The molecule has 1 atom stereocenters. The average molecular weight is 254 g/mol. The van der Waals surface area contributed by atoms with E-state index in [0.29, 0.717) is 13.2 Å². The second-order valence-corrected chi connectivity index (χ2v) is 4.16. The third-order valence-electron chi connectivity index (χ3n) is 2.94. The first-order valence-electron chi connectivity index (χ1n) is 6.53. The van der Waals surface area contributed by atoms with E-state index in [-0.39, 0.29) is 11.9 Å². The monoisotopic (exact) mass is 254 g/mol. The highest BCUT2D eigenvalue weighted by Crippen LogP contribution is 2.16. The van der Waals surface area contributed by atoms with Crippen LogP contribution in [0.4, 0.5) is 10.1 Å². The van der Waals surface area contributed by atoms with Crippen LogP contribution in [0.5, 0.6) is 0 Å². The maximum absolute atomic E-state index is 13.2. The maximum atomic E-state index is 13.2. The minimum atomic E-state index is -0.203. The second-order valence-electron chi connectivity index (χ2n) is 4.16. The Morgan fingerprint density at radius 2 is 2.17 bits per heavy atom. The predicted molar refractivity (Wildman–Crippen MR) is 73.4 cm³/mol. The molecular weight excluding hydrogens is 231 g/mol. The van der Waals surface area contributed by atoms with Crippen LogP contribution in [0.15, 0.2) is 24.3 Å². The predicted octanol–water partition coefficient (Wildman–Crippen LogP) is 2.41. The van der Waals surface area contributed by atoms with Gasteiger partial charge in [0.2, 0.25) is 0 Å². The molecule has 3 nitrogen and oxygen atoms in total. The van der Waals surface area contributed by atoms with Crippen molar-refractivity contribution in [1.29, 1.82) is 0 Å². The van der Waals surface area contributed by atoms with Gasteiger partial charge in [0.25, 0.3) is 0 Å². The Balaban J connectivity index is 2.56. The van der Waals surface area contributed by atoms with Crippen molar-refractivity contribution in [3.8, 4) is 0 Å². The van der Waals surface area contributed by atoms with Crippen LogP contribution in [0.1, 0.15) is 20.3 Å². The molecular formula is C14H23FN2O. The Morgan fingerprint density at radius 3 is 2.72 bits per heavy atom. The molecule has 0 aliphatic carbocycles. The molecule has 1 aromatic carbocycles. The fraction of sp³-hybridized carbons (Fsp3) is 0.571. The van der Waals surface area contributed by atoms with E-state index in [1.165, 1.54) is 6.07 Å². The van der Waals surface area contributed by atoms with E-state index in [0.717, 1.165) is 25.2 Å². The van der Waals surface area contributed by atoms with Gasteiger partial charge in [0, 0.05) is 31.9 Å². The van der Waals surface area contributed by atoms with Crippen LogP contribution < -0.4 is 10.6 Å². The minimum absolute atomic E-state index is 0.0811. The van der Waals surface area contributed by atoms with Crippen molar-refractivity contribution in [3.63, 3.8) is 0 Å². The molecule has 18 heavy (non-hydrogen) atoms. The van der Waals surface area contributed by atoms with Crippen LogP contribution in [0.25, 0.3) is 0 Å². The zero-order chi connectivity index (χ0) is 13.4. The van der Waals surface area contributed by atoms with Crippen molar-refractivity contribution in [1.82, 2.24) is 0 Å². The molecule has 1 aromatic rings. The summed E-state index contributed by atoms with van der Waals surface area (Å²) in [6.07, 6.45) is 0.937. The SMILES string of the molecule is CCOC(CN)CCN(CC)c1cccc(F)c1. The fourth-order valence-corrected chi connectivity index (χ4v) is 1.95. The molecule has 0 saturated carbocycles. The Morgan fingerprint density at radius 1 is 1.39 bits per heavy atom. The summed E-state index contributed by atoms with van der Waals surface area (Å²) in [5, 5.41) is 0. The normalized spacial score (nSPS) is 12.4. The molecule has 0 fully saturated rings. The summed E-state index contributed by atoms with van der Waals surface area (Å²) in [5.41, 5.74) is 6.55. The van der Waals surface area contributed by atoms with Crippen molar-refractivity contribution >= 4 is 5.69 Å². The van der Waals surface area contributed by atoms with Gasteiger partial charge < -0.3 is 15.4 Å². The zero-order valence-corrected chi connectivity index (χ0v) is 11.2. The Labute approximate surface area is 109 Å². The van der Waals surface area contributed by atoms with Gasteiger partial charge in [-0.3, -0.25) is 0 Å². The molecule has 2 N–H and O–H groups in total. The molecule has 1 rings (SSSR count). The number of ether oxygens (including phenoxy) is 1. The van der Waals surface area contributed by atoms with E-state index in [1.54, 1.807) is 12.1 Å². The van der Waals surface area contributed by atoms with Gasteiger partial charge in [-0.05, 0) is 38.5 Å². The van der Waals surface area contributed by atoms with Gasteiger partial charge in [0.05, 0.1) is 6.10 Å². The van der Waals surface area contributed by atoms with E-state index in [4.69, 9.17) is 10.5 Å². The van der Waals surface area contributed by atoms with Gasteiger partial charge in [0.15, 0.2) is 0 Å². The Bertz CT molecular complexity index is 346. The highest BCUT2D eigenvalue weighted by Gasteiger charge is 2.10.